The van der Waals surface area contributed by atoms with E-state index in [4.69, 9.17) is 19.9 Å². The van der Waals surface area contributed by atoms with Crippen molar-refractivity contribution in [1.82, 2.24) is 4.90 Å². The van der Waals surface area contributed by atoms with Gasteiger partial charge in [0.2, 0.25) is 0 Å². The number of aliphatic hydroxyl groups is 1. The zero-order valence-electron chi connectivity index (χ0n) is 18.3. The standard InChI is InChI=1S/C25H34N2O4/c1-29-17-22-3-2-12-27(22)15-23-13-24(20-8-6-19(16-28)7-9-20)31-25(30-23)21-10-4-18(14-26)5-11-21/h4-11,22-25,28H,2-3,12-17,26H2,1H3. The second-order valence-electron chi connectivity index (χ2n) is 8.54. The first-order valence-electron chi connectivity index (χ1n) is 11.2. The van der Waals surface area contributed by atoms with E-state index in [0.717, 1.165) is 48.4 Å². The van der Waals surface area contributed by atoms with E-state index in [1.807, 2.05) is 36.4 Å². The van der Waals surface area contributed by atoms with Crippen molar-refractivity contribution in [2.24, 2.45) is 5.73 Å². The average Bonchev–Trinajstić information content (AvgIpc) is 3.25. The largest absolute Gasteiger partial charge is 0.392 e. The number of aliphatic hydroxyl groups excluding tert-OH is 1. The molecule has 0 aliphatic carbocycles. The molecule has 2 aromatic carbocycles. The topological polar surface area (TPSA) is 77.2 Å². The smallest absolute Gasteiger partial charge is 0.184 e. The molecule has 2 aromatic rings. The van der Waals surface area contributed by atoms with Crippen molar-refractivity contribution in [1.29, 1.82) is 0 Å². The highest BCUT2D eigenvalue weighted by atomic mass is 16.7. The van der Waals surface area contributed by atoms with Crippen LogP contribution in [-0.4, -0.2) is 49.0 Å². The Bertz CT molecular complexity index is 756. The van der Waals surface area contributed by atoms with Crippen molar-refractivity contribution in [3.8, 4) is 0 Å². The Balaban J connectivity index is 1.53. The Labute approximate surface area is 184 Å². The minimum Gasteiger partial charge on any atom is -0.392 e. The molecule has 6 nitrogen and oxygen atoms in total. The van der Waals surface area contributed by atoms with E-state index in [-0.39, 0.29) is 18.8 Å². The van der Waals surface area contributed by atoms with Crippen LogP contribution in [0.25, 0.3) is 0 Å². The lowest BCUT2D eigenvalue weighted by Crippen LogP contribution is -2.42. The Morgan fingerprint density at radius 3 is 2.42 bits per heavy atom. The Kier molecular flexibility index (Phi) is 7.72. The molecule has 2 fully saturated rings. The Morgan fingerprint density at radius 2 is 1.74 bits per heavy atom. The van der Waals surface area contributed by atoms with Crippen LogP contribution in [0.2, 0.25) is 0 Å². The first kappa shape index (κ1) is 22.4. The summed E-state index contributed by atoms with van der Waals surface area (Å²) in [7, 11) is 1.77. The molecular formula is C25H34N2O4. The highest BCUT2D eigenvalue weighted by Gasteiger charge is 2.35. The monoisotopic (exact) mass is 426 g/mol. The van der Waals surface area contributed by atoms with Gasteiger partial charge in [0.1, 0.15) is 0 Å². The third-order valence-corrected chi connectivity index (χ3v) is 6.40. The van der Waals surface area contributed by atoms with Crippen molar-refractivity contribution >= 4 is 0 Å². The lowest BCUT2D eigenvalue weighted by Gasteiger charge is -2.38. The van der Waals surface area contributed by atoms with E-state index in [0.29, 0.717) is 12.6 Å². The van der Waals surface area contributed by atoms with E-state index >= 15 is 0 Å². The fourth-order valence-electron chi connectivity index (χ4n) is 4.62. The van der Waals surface area contributed by atoms with E-state index in [2.05, 4.69) is 17.0 Å². The summed E-state index contributed by atoms with van der Waals surface area (Å²) in [4.78, 5) is 2.50. The summed E-state index contributed by atoms with van der Waals surface area (Å²) in [5.74, 6) is 0. The number of methoxy groups -OCH3 is 1. The fourth-order valence-corrected chi connectivity index (χ4v) is 4.62. The maximum absolute atomic E-state index is 9.37. The van der Waals surface area contributed by atoms with E-state index in [9.17, 15) is 5.11 Å². The summed E-state index contributed by atoms with van der Waals surface area (Å²) in [5, 5.41) is 9.37. The fraction of sp³-hybridized carbons (Fsp3) is 0.520. The zero-order valence-corrected chi connectivity index (χ0v) is 18.3. The van der Waals surface area contributed by atoms with E-state index < -0.39 is 6.29 Å². The van der Waals surface area contributed by atoms with Crippen molar-refractivity contribution in [3.63, 3.8) is 0 Å². The zero-order chi connectivity index (χ0) is 21.6. The maximum atomic E-state index is 9.37. The first-order chi connectivity index (χ1) is 15.2. The minimum atomic E-state index is -0.420. The number of nitrogens with zero attached hydrogens (tertiary/aromatic N) is 1. The van der Waals surface area contributed by atoms with Crippen LogP contribution in [0, 0.1) is 0 Å². The lowest BCUT2D eigenvalue weighted by atomic mass is 9.99. The number of rotatable bonds is 8. The maximum Gasteiger partial charge on any atom is 0.184 e. The Hall–Kier alpha value is -1.80. The summed E-state index contributed by atoms with van der Waals surface area (Å²) in [5.41, 5.74) is 9.87. The third-order valence-electron chi connectivity index (χ3n) is 6.40. The molecule has 2 heterocycles. The van der Waals surface area contributed by atoms with Crippen LogP contribution in [0.1, 0.15) is 53.9 Å². The Morgan fingerprint density at radius 1 is 1.03 bits per heavy atom. The number of hydrogen-bond donors (Lipinski definition) is 2. The molecule has 0 aromatic heterocycles. The number of likely N-dealkylation sites (tertiary alicyclic amines) is 1. The molecule has 2 saturated heterocycles. The van der Waals surface area contributed by atoms with E-state index in [1.54, 1.807) is 7.11 Å². The van der Waals surface area contributed by atoms with Gasteiger partial charge in [0.25, 0.3) is 0 Å². The summed E-state index contributed by atoms with van der Waals surface area (Å²) >= 11 is 0. The molecule has 0 bridgehead atoms. The van der Waals surface area contributed by atoms with Gasteiger partial charge in [0.05, 0.1) is 25.4 Å². The lowest BCUT2D eigenvalue weighted by molar-refractivity contribution is -0.253. The molecule has 168 valence electrons. The van der Waals surface area contributed by atoms with Gasteiger partial charge in [-0.05, 0) is 36.1 Å². The van der Waals surface area contributed by atoms with Crippen LogP contribution >= 0.6 is 0 Å². The molecular weight excluding hydrogens is 392 g/mol. The predicted molar refractivity (Wildman–Crippen MR) is 119 cm³/mol. The van der Waals surface area contributed by atoms with Gasteiger partial charge in [-0.3, -0.25) is 4.90 Å². The van der Waals surface area contributed by atoms with Gasteiger partial charge < -0.3 is 25.1 Å². The van der Waals surface area contributed by atoms with Crippen LogP contribution in [0.3, 0.4) is 0 Å². The highest BCUT2D eigenvalue weighted by molar-refractivity contribution is 5.26. The summed E-state index contributed by atoms with van der Waals surface area (Å²) < 4.78 is 18.3. The number of ether oxygens (including phenoxy) is 3. The summed E-state index contributed by atoms with van der Waals surface area (Å²) in [6.07, 6.45) is 2.76. The van der Waals surface area contributed by atoms with Gasteiger partial charge in [-0.15, -0.1) is 0 Å². The molecule has 6 heteroatoms. The van der Waals surface area contributed by atoms with Crippen molar-refractivity contribution in [2.75, 3.05) is 26.8 Å². The minimum absolute atomic E-state index is 0.0451. The van der Waals surface area contributed by atoms with Gasteiger partial charge in [0.15, 0.2) is 6.29 Å². The van der Waals surface area contributed by atoms with Gasteiger partial charge in [-0.1, -0.05) is 48.5 Å². The quantitative estimate of drug-likeness (QED) is 0.675. The SMILES string of the molecule is COCC1CCCN1CC1CC(c2ccc(CO)cc2)OC(c2ccc(CN)cc2)O1. The van der Waals surface area contributed by atoms with Crippen molar-refractivity contribution in [3.05, 3.63) is 70.8 Å². The van der Waals surface area contributed by atoms with Crippen LogP contribution < -0.4 is 5.73 Å². The molecule has 3 N–H and O–H groups in total. The predicted octanol–water partition coefficient (Wildman–Crippen LogP) is 3.29. The second-order valence-corrected chi connectivity index (χ2v) is 8.54. The van der Waals surface area contributed by atoms with Crippen LogP contribution in [0.15, 0.2) is 48.5 Å². The molecule has 2 aliphatic heterocycles. The summed E-state index contributed by atoms with van der Waals surface area (Å²) in [6, 6.07) is 16.6. The highest BCUT2D eigenvalue weighted by Crippen LogP contribution is 2.38. The summed E-state index contributed by atoms with van der Waals surface area (Å²) in [6.45, 7) is 3.29. The molecule has 4 rings (SSSR count). The first-order valence-corrected chi connectivity index (χ1v) is 11.2. The molecule has 31 heavy (non-hydrogen) atoms. The van der Waals surface area contributed by atoms with Crippen molar-refractivity contribution < 1.29 is 19.3 Å². The van der Waals surface area contributed by atoms with Gasteiger partial charge >= 0.3 is 0 Å². The normalized spacial score (nSPS) is 26.9. The van der Waals surface area contributed by atoms with Crippen LogP contribution in [-0.2, 0) is 27.4 Å². The molecule has 0 amide bonds. The third kappa shape index (κ3) is 5.52. The number of hydrogen-bond acceptors (Lipinski definition) is 6. The average molecular weight is 427 g/mol. The molecule has 0 radical (unpaired) electrons. The van der Waals surface area contributed by atoms with E-state index in [1.165, 1.54) is 12.8 Å². The second kappa shape index (κ2) is 10.7. The number of benzene rings is 2. The molecule has 4 unspecified atom stereocenters. The van der Waals surface area contributed by atoms with Crippen molar-refractivity contribution in [2.45, 2.75) is 57.0 Å². The van der Waals surface area contributed by atoms with Gasteiger partial charge in [-0.2, -0.15) is 0 Å². The molecule has 2 aliphatic rings. The van der Waals surface area contributed by atoms with Gasteiger partial charge in [0, 0.05) is 38.2 Å². The van der Waals surface area contributed by atoms with Gasteiger partial charge in [-0.25, -0.2) is 0 Å². The molecule has 0 spiro atoms. The molecule has 0 saturated carbocycles. The van der Waals surface area contributed by atoms with Crippen LogP contribution in [0.4, 0.5) is 0 Å². The van der Waals surface area contributed by atoms with Crippen LogP contribution in [0.5, 0.6) is 0 Å². The molecule has 4 atom stereocenters. The number of nitrogens with two attached hydrogens (primary N) is 1.